The highest BCUT2D eigenvalue weighted by Crippen LogP contribution is 2.27. The molecule has 0 aromatic carbocycles. The van der Waals surface area contributed by atoms with Gasteiger partial charge in [0.1, 0.15) is 5.82 Å². The van der Waals surface area contributed by atoms with E-state index in [9.17, 15) is 0 Å². The van der Waals surface area contributed by atoms with Gasteiger partial charge in [0.05, 0.1) is 18.1 Å². The number of aromatic nitrogens is 2. The van der Waals surface area contributed by atoms with Crippen LogP contribution in [0, 0.1) is 5.92 Å². The van der Waals surface area contributed by atoms with Crippen molar-refractivity contribution >= 4 is 5.82 Å². The van der Waals surface area contributed by atoms with E-state index in [2.05, 4.69) is 41.1 Å². The molecule has 1 aromatic heterocycles. The molecule has 1 aliphatic carbocycles. The minimum absolute atomic E-state index is 0.698. The molecular weight excluding hydrogens is 236 g/mol. The molecule has 4 nitrogen and oxygen atoms in total. The van der Waals surface area contributed by atoms with Gasteiger partial charge in [0.25, 0.3) is 0 Å². The van der Waals surface area contributed by atoms with Gasteiger partial charge >= 0.3 is 0 Å². The number of rotatable bonds is 5. The fraction of sp³-hybridized carbons (Fsp3) is 0.733. The summed E-state index contributed by atoms with van der Waals surface area (Å²) in [7, 11) is 2.21. The molecule has 0 aliphatic heterocycles. The summed E-state index contributed by atoms with van der Waals surface area (Å²) in [6.45, 7) is 6.22. The fourth-order valence-corrected chi connectivity index (χ4v) is 3.03. The van der Waals surface area contributed by atoms with E-state index in [1.54, 1.807) is 0 Å². The minimum Gasteiger partial charge on any atom is -0.369 e. The summed E-state index contributed by atoms with van der Waals surface area (Å²) in [4.78, 5) is 11.3. The molecule has 1 fully saturated rings. The van der Waals surface area contributed by atoms with Crippen LogP contribution in [0.1, 0.15) is 45.2 Å². The summed E-state index contributed by atoms with van der Waals surface area (Å²) in [6, 6.07) is 0.698. The van der Waals surface area contributed by atoms with Crippen LogP contribution in [-0.2, 0) is 6.54 Å². The highest BCUT2D eigenvalue weighted by atomic mass is 15.1. The van der Waals surface area contributed by atoms with Crippen LogP contribution in [-0.4, -0.2) is 34.5 Å². The highest BCUT2D eigenvalue weighted by molar-refractivity contribution is 5.30. The van der Waals surface area contributed by atoms with Gasteiger partial charge in [-0.2, -0.15) is 0 Å². The normalized spacial score (nSPS) is 23.6. The zero-order chi connectivity index (χ0) is 13.7. The van der Waals surface area contributed by atoms with Crippen LogP contribution < -0.4 is 5.32 Å². The molecular formula is C15H26N4. The molecule has 1 saturated carbocycles. The third-order valence-corrected chi connectivity index (χ3v) is 4.11. The van der Waals surface area contributed by atoms with Crippen LogP contribution in [0.4, 0.5) is 5.82 Å². The number of hydrogen-bond acceptors (Lipinski definition) is 4. The monoisotopic (exact) mass is 262 g/mol. The van der Waals surface area contributed by atoms with Crippen molar-refractivity contribution in [3.8, 4) is 0 Å². The van der Waals surface area contributed by atoms with E-state index in [1.807, 2.05) is 12.4 Å². The van der Waals surface area contributed by atoms with Crippen molar-refractivity contribution in [2.45, 2.75) is 52.1 Å². The molecule has 2 rings (SSSR count). The zero-order valence-corrected chi connectivity index (χ0v) is 12.4. The van der Waals surface area contributed by atoms with Gasteiger partial charge in [-0.15, -0.1) is 0 Å². The molecule has 1 aliphatic rings. The lowest BCUT2D eigenvalue weighted by molar-refractivity contribution is 0.132. The van der Waals surface area contributed by atoms with Crippen LogP contribution in [0.5, 0.6) is 0 Å². The SMILES string of the molecule is CCNc1cnc(CN(C)C2CCCCC2C)cn1. The van der Waals surface area contributed by atoms with E-state index < -0.39 is 0 Å². The standard InChI is InChI=1S/C15H26N4/c1-4-16-15-10-17-13(9-18-15)11-19(3)14-8-6-5-7-12(14)2/h9-10,12,14H,4-8,11H2,1-3H3,(H,16,18). The van der Waals surface area contributed by atoms with Gasteiger partial charge in [0, 0.05) is 19.1 Å². The molecule has 19 heavy (non-hydrogen) atoms. The van der Waals surface area contributed by atoms with E-state index in [0.29, 0.717) is 6.04 Å². The van der Waals surface area contributed by atoms with E-state index in [-0.39, 0.29) is 0 Å². The molecule has 1 aromatic rings. The maximum atomic E-state index is 4.49. The minimum atomic E-state index is 0.698. The molecule has 106 valence electrons. The quantitative estimate of drug-likeness (QED) is 0.886. The van der Waals surface area contributed by atoms with Crippen LogP contribution in [0.25, 0.3) is 0 Å². The summed E-state index contributed by atoms with van der Waals surface area (Å²) in [5.41, 5.74) is 1.06. The summed E-state index contributed by atoms with van der Waals surface area (Å²) >= 11 is 0. The van der Waals surface area contributed by atoms with Crippen LogP contribution in [0.2, 0.25) is 0 Å². The third kappa shape index (κ3) is 3.90. The van der Waals surface area contributed by atoms with Gasteiger partial charge < -0.3 is 5.32 Å². The Morgan fingerprint density at radius 2 is 2.05 bits per heavy atom. The van der Waals surface area contributed by atoms with Crippen LogP contribution in [0.15, 0.2) is 12.4 Å². The third-order valence-electron chi connectivity index (χ3n) is 4.11. The van der Waals surface area contributed by atoms with E-state index in [0.717, 1.165) is 30.5 Å². The summed E-state index contributed by atoms with van der Waals surface area (Å²) in [5, 5.41) is 3.17. The first-order chi connectivity index (χ1) is 9.20. The second kappa shape index (κ2) is 6.85. The molecule has 4 heteroatoms. The Labute approximate surface area is 116 Å². The smallest absolute Gasteiger partial charge is 0.144 e. The maximum absolute atomic E-state index is 4.49. The van der Waals surface area contributed by atoms with Gasteiger partial charge in [-0.25, -0.2) is 4.98 Å². The Hall–Kier alpha value is -1.16. The first-order valence-electron chi connectivity index (χ1n) is 7.45. The molecule has 0 spiro atoms. The van der Waals surface area contributed by atoms with Crippen LogP contribution in [0.3, 0.4) is 0 Å². The van der Waals surface area contributed by atoms with Crippen molar-refractivity contribution in [1.29, 1.82) is 0 Å². The lowest BCUT2D eigenvalue weighted by Crippen LogP contribution is -2.38. The van der Waals surface area contributed by atoms with Gasteiger partial charge in [-0.1, -0.05) is 19.8 Å². The second-order valence-electron chi connectivity index (χ2n) is 5.67. The summed E-state index contributed by atoms with van der Waals surface area (Å²) in [6.07, 6.45) is 9.16. The molecule has 0 bridgehead atoms. The lowest BCUT2D eigenvalue weighted by atomic mass is 9.85. The van der Waals surface area contributed by atoms with Gasteiger partial charge in [-0.3, -0.25) is 9.88 Å². The fourth-order valence-electron chi connectivity index (χ4n) is 3.03. The van der Waals surface area contributed by atoms with E-state index in [1.165, 1.54) is 25.7 Å². The average Bonchev–Trinajstić information content (AvgIpc) is 2.42. The molecule has 0 saturated heterocycles. The predicted molar refractivity (Wildman–Crippen MR) is 79.1 cm³/mol. The molecule has 2 atom stereocenters. The Morgan fingerprint density at radius 3 is 2.68 bits per heavy atom. The maximum Gasteiger partial charge on any atom is 0.144 e. The Balaban J connectivity index is 1.92. The first kappa shape index (κ1) is 14.3. The average molecular weight is 262 g/mol. The lowest BCUT2D eigenvalue weighted by Gasteiger charge is -2.36. The number of hydrogen-bond donors (Lipinski definition) is 1. The second-order valence-corrected chi connectivity index (χ2v) is 5.67. The number of anilines is 1. The molecule has 1 heterocycles. The Kier molecular flexibility index (Phi) is 5.14. The van der Waals surface area contributed by atoms with Crippen molar-refractivity contribution in [2.24, 2.45) is 5.92 Å². The predicted octanol–water partition coefficient (Wildman–Crippen LogP) is 2.92. The number of nitrogens with one attached hydrogen (secondary N) is 1. The zero-order valence-electron chi connectivity index (χ0n) is 12.4. The molecule has 1 N–H and O–H groups in total. The van der Waals surface area contributed by atoms with Crippen molar-refractivity contribution in [1.82, 2.24) is 14.9 Å². The van der Waals surface area contributed by atoms with Crippen molar-refractivity contribution in [2.75, 3.05) is 18.9 Å². The largest absolute Gasteiger partial charge is 0.369 e. The van der Waals surface area contributed by atoms with E-state index in [4.69, 9.17) is 0 Å². The number of nitrogens with zero attached hydrogens (tertiary/aromatic N) is 3. The van der Waals surface area contributed by atoms with E-state index >= 15 is 0 Å². The summed E-state index contributed by atoms with van der Waals surface area (Å²) in [5.74, 6) is 1.66. The van der Waals surface area contributed by atoms with Crippen molar-refractivity contribution < 1.29 is 0 Å². The van der Waals surface area contributed by atoms with Crippen LogP contribution >= 0.6 is 0 Å². The Morgan fingerprint density at radius 1 is 1.26 bits per heavy atom. The van der Waals surface area contributed by atoms with Gasteiger partial charge in [0.2, 0.25) is 0 Å². The van der Waals surface area contributed by atoms with Crippen molar-refractivity contribution in [3.05, 3.63) is 18.1 Å². The highest BCUT2D eigenvalue weighted by Gasteiger charge is 2.24. The molecule has 0 radical (unpaired) electrons. The summed E-state index contributed by atoms with van der Waals surface area (Å²) < 4.78 is 0. The van der Waals surface area contributed by atoms with Crippen molar-refractivity contribution in [3.63, 3.8) is 0 Å². The Bertz CT molecular complexity index is 376. The molecule has 0 amide bonds. The first-order valence-corrected chi connectivity index (χ1v) is 7.45. The molecule has 2 unspecified atom stereocenters. The van der Waals surface area contributed by atoms with Gasteiger partial charge in [0.15, 0.2) is 0 Å². The topological polar surface area (TPSA) is 41.1 Å². The van der Waals surface area contributed by atoms with Gasteiger partial charge in [-0.05, 0) is 32.7 Å².